The van der Waals surface area contributed by atoms with Gasteiger partial charge < -0.3 is 15.4 Å². The van der Waals surface area contributed by atoms with Gasteiger partial charge >= 0.3 is 0 Å². The number of ether oxygens (including phenoxy) is 1. The molecule has 118 valence electrons. The van der Waals surface area contributed by atoms with Crippen LogP contribution in [0.15, 0.2) is 18.2 Å². The molecule has 1 aliphatic rings. The molecule has 21 heavy (non-hydrogen) atoms. The lowest BCUT2D eigenvalue weighted by atomic mass is 9.90. The van der Waals surface area contributed by atoms with E-state index in [-0.39, 0.29) is 35.0 Å². The normalized spacial score (nSPS) is 21.0. The number of likely N-dealkylation sites (tertiary alicyclic amines) is 1. The first kappa shape index (κ1) is 17.7. The standard InChI is InChI=1S/C15H21FN2O2.ClH/c1-3-20-13-11(5-4-6-12(13)16)14(19)18-8-7-15(2,9-17)10-18;/h4-6H,3,7-10,17H2,1-2H3;1H. The summed E-state index contributed by atoms with van der Waals surface area (Å²) in [6.45, 7) is 5.94. The van der Waals surface area contributed by atoms with E-state index in [4.69, 9.17) is 10.5 Å². The molecule has 1 amide bonds. The molecule has 4 nitrogen and oxygen atoms in total. The Hall–Kier alpha value is -1.33. The van der Waals surface area contributed by atoms with Gasteiger partial charge in [0.05, 0.1) is 12.2 Å². The summed E-state index contributed by atoms with van der Waals surface area (Å²) in [6, 6.07) is 4.44. The maximum Gasteiger partial charge on any atom is 0.257 e. The number of benzene rings is 1. The summed E-state index contributed by atoms with van der Waals surface area (Å²) in [5.41, 5.74) is 5.99. The van der Waals surface area contributed by atoms with E-state index < -0.39 is 5.82 Å². The van der Waals surface area contributed by atoms with Crippen LogP contribution in [0.3, 0.4) is 0 Å². The van der Waals surface area contributed by atoms with Crippen LogP contribution in [0.1, 0.15) is 30.6 Å². The second-order valence-corrected chi connectivity index (χ2v) is 5.54. The molecule has 0 saturated carbocycles. The lowest BCUT2D eigenvalue weighted by molar-refractivity contribution is 0.0771. The van der Waals surface area contributed by atoms with Crippen molar-refractivity contribution in [3.63, 3.8) is 0 Å². The summed E-state index contributed by atoms with van der Waals surface area (Å²) in [4.78, 5) is 14.3. The van der Waals surface area contributed by atoms with E-state index in [1.807, 2.05) is 0 Å². The summed E-state index contributed by atoms with van der Waals surface area (Å²) in [5, 5.41) is 0. The highest BCUT2D eigenvalue weighted by molar-refractivity contribution is 5.97. The summed E-state index contributed by atoms with van der Waals surface area (Å²) in [7, 11) is 0. The molecular formula is C15H22ClFN2O2. The smallest absolute Gasteiger partial charge is 0.257 e. The lowest BCUT2D eigenvalue weighted by Gasteiger charge is -2.23. The van der Waals surface area contributed by atoms with E-state index in [0.717, 1.165) is 6.42 Å². The molecule has 2 N–H and O–H groups in total. The van der Waals surface area contributed by atoms with Gasteiger partial charge in [0.15, 0.2) is 11.6 Å². The van der Waals surface area contributed by atoms with Gasteiger partial charge in [-0.2, -0.15) is 0 Å². The molecule has 1 saturated heterocycles. The predicted molar refractivity (Wildman–Crippen MR) is 82.5 cm³/mol. The molecule has 0 radical (unpaired) electrons. The van der Waals surface area contributed by atoms with Crippen LogP contribution in [-0.4, -0.2) is 37.0 Å². The molecule has 0 spiro atoms. The van der Waals surface area contributed by atoms with Crippen LogP contribution in [0, 0.1) is 11.2 Å². The first-order chi connectivity index (χ1) is 9.50. The van der Waals surface area contributed by atoms with Gasteiger partial charge in [0.1, 0.15) is 0 Å². The fourth-order valence-corrected chi connectivity index (χ4v) is 2.50. The topological polar surface area (TPSA) is 55.6 Å². The molecule has 1 aromatic rings. The van der Waals surface area contributed by atoms with E-state index in [1.165, 1.54) is 12.1 Å². The number of hydrogen-bond donors (Lipinski definition) is 1. The fraction of sp³-hybridized carbons (Fsp3) is 0.533. The Kier molecular flexibility index (Phi) is 5.98. The Bertz CT molecular complexity index is 512. The molecule has 0 aliphatic carbocycles. The fourth-order valence-electron chi connectivity index (χ4n) is 2.50. The van der Waals surface area contributed by atoms with Crippen LogP contribution in [0.5, 0.6) is 5.75 Å². The number of hydrogen-bond acceptors (Lipinski definition) is 3. The zero-order valence-corrected chi connectivity index (χ0v) is 13.2. The van der Waals surface area contributed by atoms with Crippen LogP contribution in [0.4, 0.5) is 4.39 Å². The van der Waals surface area contributed by atoms with Crippen LogP contribution < -0.4 is 10.5 Å². The van der Waals surface area contributed by atoms with Crippen molar-refractivity contribution in [3.05, 3.63) is 29.6 Å². The summed E-state index contributed by atoms with van der Waals surface area (Å²) < 4.78 is 19.1. The van der Waals surface area contributed by atoms with Crippen molar-refractivity contribution in [2.45, 2.75) is 20.3 Å². The van der Waals surface area contributed by atoms with Crippen LogP contribution in [0.2, 0.25) is 0 Å². The highest BCUT2D eigenvalue weighted by atomic mass is 35.5. The molecule has 6 heteroatoms. The zero-order valence-electron chi connectivity index (χ0n) is 12.4. The monoisotopic (exact) mass is 316 g/mol. The van der Waals surface area contributed by atoms with Crippen molar-refractivity contribution >= 4 is 18.3 Å². The number of nitrogens with two attached hydrogens (primary N) is 1. The third kappa shape index (κ3) is 3.66. The lowest BCUT2D eigenvalue weighted by Crippen LogP contribution is -2.34. The van der Waals surface area contributed by atoms with E-state index in [0.29, 0.717) is 26.2 Å². The molecule has 1 aliphatic heterocycles. The van der Waals surface area contributed by atoms with E-state index in [1.54, 1.807) is 17.9 Å². The quantitative estimate of drug-likeness (QED) is 0.928. The van der Waals surface area contributed by atoms with Gasteiger partial charge in [-0.25, -0.2) is 4.39 Å². The molecule has 1 fully saturated rings. The number of rotatable bonds is 4. The van der Waals surface area contributed by atoms with Crippen molar-refractivity contribution in [3.8, 4) is 5.75 Å². The molecule has 2 rings (SSSR count). The Balaban J connectivity index is 0.00000220. The van der Waals surface area contributed by atoms with Gasteiger partial charge in [0, 0.05) is 13.1 Å². The van der Waals surface area contributed by atoms with Gasteiger partial charge in [-0.3, -0.25) is 4.79 Å². The minimum atomic E-state index is -0.501. The number of nitrogens with zero attached hydrogens (tertiary/aromatic N) is 1. The maximum absolute atomic E-state index is 13.8. The van der Waals surface area contributed by atoms with Crippen LogP contribution in [-0.2, 0) is 0 Å². The Morgan fingerprint density at radius 3 is 2.81 bits per heavy atom. The van der Waals surface area contributed by atoms with Gasteiger partial charge in [-0.15, -0.1) is 12.4 Å². The molecular weight excluding hydrogens is 295 g/mol. The SMILES string of the molecule is CCOc1c(F)cccc1C(=O)N1CCC(C)(CN)C1.Cl. The largest absolute Gasteiger partial charge is 0.490 e. The molecule has 0 aromatic heterocycles. The third-order valence-electron chi connectivity index (χ3n) is 3.82. The van der Waals surface area contributed by atoms with E-state index in [9.17, 15) is 9.18 Å². The summed E-state index contributed by atoms with van der Waals surface area (Å²) in [5.74, 6) is -0.648. The molecule has 1 atom stereocenters. The average Bonchev–Trinajstić information content (AvgIpc) is 2.84. The van der Waals surface area contributed by atoms with Crippen molar-refractivity contribution in [1.82, 2.24) is 4.90 Å². The third-order valence-corrected chi connectivity index (χ3v) is 3.82. The first-order valence-electron chi connectivity index (χ1n) is 6.91. The summed E-state index contributed by atoms with van der Waals surface area (Å²) in [6.07, 6.45) is 0.870. The van der Waals surface area contributed by atoms with Gasteiger partial charge in [0.25, 0.3) is 5.91 Å². The minimum Gasteiger partial charge on any atom is -0.490 e. The molecule has 1 heterocycles. The van der Waals surface area contributed by atoms with Gasteiger partial charge in [-0.1, -0.05) is 13.0 Å². The number of carbonyl (C=O) groups excluding carboxylic acids is 1. The Morgan fingerprint density at radius 2 is 2.24 bits per heavy atom. The second kappa shape index (κ2) is 7.09. The van der Waals surface area contributed by atoms with E-state index in [2.05, 4.69) is 6.92 Å². The molecule has 1 unspecified atom stereocenters. The molecule has 0 bridgehead atoms. The highest BCUT2D eigenvalue weighted by Gasteiger charge is 2.36. The number of halogens is 2. The first-order valence-corrected chi connectivity index (χ1v) is 6.91. The average molecular weight is 317 g/mol. The summed E-state index contributed by atoms with van der Waals surface area (Å²) >= 11 is 0. The highest BCUT2D eigenvalue weighted by Crippen LogP contribution is 2.31. The second-order valence-electron chi connectivity index (χ2n) is 5.54. The molecule has 1 aromatic carbocycles. The number of para-hydroxylation sites is 1. The van der Waals surface area contributed by atoms with Crippen molar-refractivity contribution in [2.75, 3.05) is 26.2 Å². The number of carbonyl (C=O) groups is 1. The minimum absolute atomic E-state index is 0. The van der Waals surface area contributed by atoms with Crippen LogP contribution >= 0.6 is 12.4 Å². The van der Waals surface area contributed by atoms with Gasteiger partial charge in [0.2, 0.25) is 0 Å². The van der Waals surface area contributed by atoms with Crippen molar-refractivity contribution in [2.24, 2.45) is 11.1 Å². The predicted octanol–water partition coefficient (Wildman–Crippen LogP) is 2.46. The van der Waals surface area contributed by atoms with Crippen molar-refractivity contribution in [1.29, 1.82) is 0 Å². The van der Waals surface area contributed by atoms with Crippen molar-refractivity contribution < 1.29 is 13.9 Å². The maximum atomic E-state index is 13.8. The zero-order chi connectivity index (χ0) is 14.8. The number of amides is 1. The van der Waals surface area contributed by atoms with Gasteiger partial charge in [-0.05, 0) is 37.4 Å². The Labute approximate surface area is 130 Å². The van der Waals surface area contributed by atoms with Crippen LogP contribution in [0.25, 0.3) is 0 Å². The van der Waals surface area contributed by atoms with E-state index >= 15 is 0 Å². The Morgan fingerprint density at radius 1 is 1.52 bits per heavy atom.